The highest BCUT2D eigenvalue weighted by molar-refractivity contribution is 6.30. The van der Waals surface area contributed by atoms with Crippen LogP contribution in [0, 0.1) is 0 Å². The Morgan fingerprint density at radius 1 is 1.16 bits per heavy atom. The van der Waals surface area contributed by atoms with Gasteiger partial charge in [-0.15, -0.1) is 0 Å². The van der Waals surface area contributed by atoms with Crippen LogP contribution < -0.4 is 10.2 Å². The maximum Gasteiger partial charge on any atom is 0.307 e. The molecule has 0 fully saturated rings. The first-order valence-electron chi connectivity index (χ1n) is 7.55. The maximum atomic E-state index is 11.7. The van der Waals surface area contributed by atoms with Crippen LogP contribution in [0.1, 0.15) is 21.7 Å². The second kappa shape index (κ2) is 8.17. The Morgan fingerprint density at radius 3 is 2.76 bits per heavy atom. The summed E-state index contributed by atoms with van der Waals surface area (Å²) in [6, 6.07) is 18.1. The number of benzene rings is 2. The topological polar surface area (TPSA) is 63.8 Å². The number of carbonyl (C=O) groups excluding carboxylic acids is 1. The highest BCUT2D eigenvalue weighted by atomic mass is 35.5. The number of carbonyl (C=O) groups is 1. The Hall–Kier alpha value is -3.05. The van der Waals surface area contributed by atoms with Crippen LogP contribution in [0.3, 0.4) is 0 Å². The number of nitrogens with one attached hydrogen (secondary N) is 1. The third kappa shape index (κ3) is 4.96. The van der Waals surface area contributed by atoms with E-state index in [-0.39, 0.29) is 5.76 Å². The van der Waals surface area contributed by atoms with Gasteiger partial charge in [0.05, 0.1) is 12.5 Å². The van der Waals surface area contributed by atoms with Gasteiger partial charge in [0.25, 0.3) is 0 Å². The lowest BCUT2D eigenvalue weighted by atomic mass is 10.2. The number of rotatable bonds is 6. The first-order valence-corrected chi connectivity index (χ1v) is 7.93. The number of hydrogen-bond acceptors (Lipinski definition) is 4. The van der Waals surface area contributed by atoms with Gasteiger partial charge in [0.15, 0.2) is 5.76 Å². The number of nitrogens with zero attached hydrogens (tertiary/aromatic N) is 1. The summed E-state index contributed by atoms with van der Waals surface area (Å²) < 4.78 is 10.7. The van der Waals surface area contributed by atoms with Crippen molar-refractivity contribution < 1.29 is 13.9 Å². The summed E-state index contributed by atoms with van der Waals surface area (Å²) in [5, 5.41) is 4.60. The van der Waals surface area contributed by atoms with Crippen molar-refractivity contribution in [3.8, 4) is 5.75 Å². The molecule has 0 spiro atoms. The molecule has 0 saturated carbocycles. The van der Waals surface area contributed by atoms with E-state index in [1.165, 1.54) is 12.5 Å². The lowest BCUT2D eigenvalue weighted by Crippen LogP contribution is -2.16. The van der Waals surface area contributed by atoms with Crippen LogP contribution in [0.2, 0.25) is 5.02 Å². The van der Waals surface area contributed by atoms with Crippen molar-refractivity contribution in [2.75, 3.05) is 0 Å². The van der Waals surface area contributed by atoms with Gasteiger partial charge in [-0.05, 0) is 47.5 Å². The van der Waals surface area contributed by atoms with E-state index >= 15 is 0 Å². The van der Waals surface area contributed by atoms with Gasteiger partial charge in [0.2, 0.25) is 0 Å². The molecule has 3 rings (SSSR count). The van der Waals surface area contributed by atoms with Crippen molar-refractivity contribution >= 4 is 23.7 Å². The van der Waals surface area contributed by atoms with Crippen LogP contribution in [0.25, 0.3) is 0 Å². The molecule has 5 nitrogen and oxygen atoms in total. The molecule has 0 unspecified atom stereocenters. The second-order valence-corrected chi connectivity index (χ2v) is 5.60. The smallest absolute Gasteiger partial charge is 0.307 e. The van der Waals surface area contributed by atoms with Gasteiger partial charge in [0.1, 0.15) is 12.4 Å². The average molecular weight is 355 g/mol. The van der Waals surface area contributed by atoms with Crippen LogP contribution in [-0.2, 0) is 6.61 Å². The number of halogens is 1. The van der Waals surface area contributed by atoms with Crippen molar-refractivity contribution in [1.82, 2.24) is 5.43 Å². The van der Waals surface area contributed by atoms with Crippen molar-refractivity contribution in [2.24, 2.45) is 5.10 Å². The zero-order chi connectivity index (χ0) is 17.5. The standard InChI is InChI=1S/C19H15ClN2O3/c20-16-8-6-14(7-9-16)13-25-17-4-1-3-15(11-17)12-21-22-19(23)18-5-2-10-24-18/h1-12H,13H2,(H,22,23)/b21-12-. The number of amides is 1. The fourth-order valence-electron chi connectivity index (χ4n) is 2.06. The van der Waals surface area contributed by atoms with E-state index in [0.717, 1.165) is 11.1 Å². The lowest BCUT2D eigenvalue weighted by molar-refractivity contribution is 0.0927. The van der Waals surface area contributed by atoms with Gasteiger partial charge < -0.3 is 9.15 Å². The highest BCUT2D eigenvalue weighted by Gasteiger charge is 2.05. The van der Waals surface area contributed by atoms with Gasteiger partial charge in [-0.2, -0.15) is 5.10 Å². The summed E-state index contributed by atoms with van der Waals surface area (Å²) in [5.41, 5.74) is 4.22. The highest BCUT2D eigenvalue weighted by Crippen LogP contribution is 2.15. The fraction of sp³-hybridized carbons (Fsp3) is 0.0526. The summed E-state index contributed by atoms with van der Waals surface area (Å²) in [5.74, 6) is 0.504. The number of ether oxygens (including phenoxy) is 1. The molecule has 0 bridgehead atoms. The Morgan fingerprint density at radius 2 is 2.00 bits per heavy atom. The first-order chi connectivity index (χ1) is 12.2. The molecular weight excluding hydrogens is 340 g/mol. The minimum atomic E-state index is -0.406. The molecule has 0 aliphatic rings. The molecule has 126 valence electrons. The predicted octanol–water partition coefficient (Wildman–Crippen LogP) is 4.28. The van der Waals surface area contributed by atoms with Crippen LogP contribution >= 0.6 is 11.6 Å². The largest absolute Gasteiger partial charge is 0.489 e. The molecule has 0 atom stereocenters. The van der Waals surface area contributed by atoms with Crippen molar-refractivity contribution in [1.29, 1.82) is 0 Å². The normalized spacial score (nSPS) is 10.8. The zero-order valence-corrected chi connectivity index (χ0v) is 13.9. The van der Waals surface area contributed by atoms with Crippen LogP contribution in [0.5, 0.6) is 5.75 Å². The average Bonchev–Trinajstić information content (AvgIpc) is 3.16. The van der Waals surface area contributed by atoms with E-state index in [2.05, 4.69) is 10.5 Å². The molecule has 25 heavy (non-hydrogen) atoms. The molecule has 2 aromatic carbocycles. The third-order valence-corrected chi connectivity index (χ3v) is 3.55. The minimum absolute atomic E-state index is 0.206. The Balaban J connectivity index is 1.56. The molecule has 1 amide bonds. The van der Waals surface area contributed by atoms with E-state index in [1.807, 2.05) is 48.5 Å². The molecule has 6 heteroatoms. The monoisotopic (exact) mass is 354 g/mol. The molecule has 0 aliphatic carbocycles. The van der Waals surface area contributed by atoms with E-state index in [9.17, 15) is 4.79 Å². The molecule has 0 aliphatic heterocycles. The van der Waals surface area contributed by atoms with E-state index in [4.69, 9.17) is 20.8 Å². The molecule has 3 aromatic rings. The molecule has 0 saturated heterocycles. The lowest BCUT2D eigenvalue weighted by Gasteiger charge is -2.07. The number of furan rings is 1. The van der Waals surface area contributed by atoms with Crippen molar-refractivity contribution in [2.45, 2.75) is 6.61 Å². The Labute approximate surface area is 149 Å². The summed E-state index contributed by atoms with van der Waals surface area (Å²) >= 11 is 5.86. The van der Waals surface area contributed by atoms with Crippen LogP contribution in [0.4, 0.5) is 0 Å². The van der Waals surface area contributed by atoms with Crippen LogP contribution in [-0.4, -0.2) is 12.1 Å². The summed E-state index contributed by atoms with van der Waals surface area (Å²) in [7, 11) is 0. The third-order valence-electron chi connectivity index (χ3n) is 3.30. The van der Waals surface area contributed by atoms with Gasteiger partial charge in [0, 0.05) is 5.02 Å². The summed E-state index contributed by atoms with van der Waals surface area (Å²) in [6.07, 6.45) is 2.97. The molecule has 0 radical (unpaired) electrons. The van der Waals surface area contributed by atoms with E-state index in [0.29, 0.717) is 17.4 Å². The number of hydrogen-bond donors (Lipinski definition) is 1. The SMILES string of the molecule is O=C(N/N=C\c1cccc(OCc2ccc(Cl)cc2)c1)c1ccco1. The molecule has 1 heterocycles. The van der Waals surface area contributed by atoms with Gasteiger partial charge in [-0.25, -0.2) is 5.43 Å². The van der Waals surface area contributed by atoms with Crippen LogP contribution in [0.15, 0.2) is 76.4 Å². The fourth-order valence-corrected chi connectivity index (χ4v) is 2.19. The van der Waals surface area contributed by atoms with Crippen molar-refractivity contribution in [3.05, 3.63) is 88.8 Å². The summed E-state index contributed by atoms with van der Waals surface area (Å²) in [4.78, 5) is 11.7. The first kappa shape index (κ1) is 16.8. The van der Waals surface area contributed by atoms with Gasteiger partial charge in [-0.3, -0.25) is 4.79 Å². The molecule has 1 N–H and O–H groups in total. The van der Waals surface area contributed by atoms with E-state index in [1.54, 1.807) is 12.1 Å². The molecule has 1 aromatic heterocycles. The predicted molar refractivity (Wildman–Crippen MR) is 96.0 cm³/mol. The molecular formula is C19H15ClN2O3. The quantitative estimate of drug-likeness (QED) is 0.531. The number of hydrazone groups is 1. The van der Waals surface area contributed by atoms with Gasteiger partial charge in [-0.1, -0.05) is 35.9 Å². The van der Waals surface area contributed by atoms with Gasteiger partial charge >= 0.3 is 5.91 Å². The summed E-state index contributed by atoms with van der Waals surface area (Å²) in [6.45, 7) is 0.437. The Bertz CT molecular complexity index is 859. The second-order valence-electron chi connectivity index (χ2n) is 5.16. The minimum Gasteiger partial charge on any atom is -0.489 e. The maximum absolute atomic E-state index is 11.7. The van der Waals surface area contributed by atoms with Crippen molar-refractivity contribution in [3.63, 3.8) is 0 Å². The van der Waals surface area contributed by atoms with E-state index < -0.39 is 5.91 Å². The Kier molecular flexibility index (Phi) is 5.49. The zero-order valence-electron chi connectivity index (χ0n) is 13.2.